The average Bonchev–Trinajstić information content (AvgIpc) is 2.59. The summed E-state index contributed by atoms with van der Waals surface area (Å²) in [6.07, 6.45) is 3.39. The van der Waals surface area contributed by atoms with Gasteiger partial charge in [0, 0.05) is 6.20 Å². The molecule has 49 valence electrons. The molecule has 0 N–H and O–H groups in total. The van der Waals surface area contributed by atoms with Crippen LogP contribution >= 0.6 is 11.3 Å². The smallest absolute Gasteiger partial charge is 0.152 e. The molecular weight excluding hydrogens is 146 g/mol. The van der Waals surface area contributed by atoms with Crippen LogP contribution in [-0.4, -0.2) is 4.98 Å². The molecule has 0 amide bonds. The molecule has 2 aromatic rings. The minimum atomic E-state index is 0.860. The maximum atomic E-state index is 5.13. The van der Waals surface area contributed by atoms with Gasteiger partial charge in [0.05, 0.1) is 11.1 Å². The summed E-state index contributed by atoms with van der Waals surface area (Å²) in [5, 5.41) is 0. The van der Waals surface area contributed by atoms with E-state index in [0.29, 0.717) is 0 Å². The minimum Gasteiger partial charge on any atom is -0.463 e. The fourth-order valence-electron chi connectivity index (χ4n) is 0.720. The third-order valence-electron chi connectivity index (χ3n) is 1.15. The lowest BCUT2D eigenvalue weighted by atomic mass is 10.4. The first-order valence-electron chi connectivity index (χ1n) is 2.82. The Morgan fingerprint density at radius 1 is 1.60 bits per heavy atom. The van der Waals surface area contributed by atoms with Crippen LogP contribution < -0.4 is 0 Å². The van der Waals surface area contributed by atoms with Crippen LogP contribution in [0.1, 0.15) is 0 Å². The van der Waals surface area contributed by atoms with Crippen molar-refractivity contribution < 1.29 is 4.42 Å². The lowest BCUT2D eigenvalue weighted by Gasteiger charge is -1.83. The van der Waals surface area contributed by atoms with E-state index < -0.39 is 0 Å². The number of rotatable bonds is 1. The summed E-state index contributed by atoms with van der Waals surface area (Å²) in [6, 6.07) is 3.76. The van der Waals surface area contributed by atoms with Gasteiger partial charge in [-0.15, -0.1) is 11.3 Å². The molecule has 0 atom stereocenters. The average molecular weight is 150 g/mol. The van der Waals surface area contributed by atoms with Gasteiger partial charge in [0.15, 0.2) is 5.51 Å². The van der Waals surface area contributed by atoms with E-state index in [4.69, 9.17) is 4.42 Å². The minimum absolute atomic E-state index is 0.860. The summed E-state index contributed by atoms with van der Waals surface area (Å²) in [6.45, 7) is 0. The number of furan rings is 1. The zero-order valence-corrected chi connectivity index (χ0v) is 5.89. The second kappa shape index (κ2) is 2.27. The molecule has 0 spiro atoms. The normalized spacial score (nSPS) is 10.0. The van der Waals surface area contributed by atoms with Crippen molar-refractivity contribution in [3.63, 3.8) is 0 Å². The van der Waals surface area contributed by atoms with Gasteiger partial charge in [-0.2, -0.15) is 0 Å². The Labute approximate surface area is 62.1 Å². The summed E-state index contributed by atoms with van der Waals surface area (Å²) in [5.74, 6) is 0.860. The van der Waals surface area contributed by atoms with Crippen LogP contribution in [0.25, 0.3) is 10.6 Å². The Bertz CT molecular complexity index is 253. The molecule has 0 aliphatic rings. The Morgan fingerprint density at radius 2 is 2.60 bits per heavy atom. The third kappa shape index (κ3) is 0.844. The van der Waals surface area contributed by atoms with Gasteiger partial charge in [-0.05, 0) is 12.1 Å². The molecule has 0 saturated heterocycles. The second-order valence-corrected chi connectivity index (χ2v) is 2.62. The highest BCUT2D eigenvalue weighted by Crippen LogP contribution is 2.22. The molecule has 0 aromatic carbocycles. The van der Waals surface area contributed by atoms with Crippen molar-refractivity contribution in [1.82, 2.24) is 4.98 Å². The van der Waals surface area contributed by atoms with Crippen LogP contribution in [0.15, 0.2) is 29.0 Å². The topological polar surface area (TPSA) is 26.0 Å². The summed E-state index contributed by atoms with van der Waals surface area (Å²) in [5.41, 5.74) is 2.75. The van der Waals surface area contributed by atoms with Gasteiger partial charge in [-0.1, -0.05) is 0 Å². The summed E-state index contributed by atoms with van der Waals surface area (Å²) < 4.78 is 5.13. The van der Waals surface area contributed by atoms with E-state index >= 15 is 0 Å². The molecule has 3 heteroatoms. The van der Waals surface area contributed by atoms with Crippen LogP contribution in [0, 0.1) is 5.51 Å². The first kappa shape index (κ1) is 5.68. The molecule has 0 aliphatic carbocycles. The van der Waals surface area contributed by atoms with Crippen molar-refractivity contribution in [2.45, 2.75) is 0 Å². The summed E-state index contributed by atoms with van der Waals surface area (Å²) in [7, 11) is 0. The molecular formula is C7H4NOS. The second-order valence-electron chi connectivity index (χ2n) is 1.79. The van der Waals surface area contributed by atoms with Gasteiger partial charge in [0.1, 0.15) is 5.76 Å². The van der Waals surface area contributed by atoms with E-state index in [1.165, 1.54) is 11.3 Å². The number of hydrogen-bond donors (Lipinski definition) is 0. The summed E-state index contributed by atoms with van der Waals surface area (Å²) in [4.78, 5) is 4.83. The molecule has 10 heavy (non-hydrogen) atoms. The predicted octanol–water partition coefficient (Wildman–Crippen LogP) is 2.20. The monoisotopic (exact) mass is 150 g/mol. The number of aromatic nitrogens is 1. The highest BCUT2D eigenvalue weighted by Gasteiger charge is 1.99. The van der Waals surface area contributed by atoms with Gasteiger partial charge in [0.2, 0.25) is 0 Å². The van der Waals surface area contributed by atoms with Gasteiger partial charge in [-0.25, -0.2) is 4.98 Å². The van der Waals surface area contributed by atoms with E-state index in [1.54, 1.807) is 12.5 Å². The first-order valence-corrected chi connectivity index (χ1v) is 3.64. The number of hydrogen-bond acceptors (Lipinski definition) is 3. The number of thiazole rings is 1. The molecule has 2 aromatic heterocycles. The molecule has 2 nitrogen and oxygen atoms in total. The maximum absolute atomic E-state index is 5.13. The van der Waals surface area contributed by atoms with Crippen molar-refractivity contribution in [2.24, 2.45) is 0 Å². The maximum Gasteiger partial charge on any atom is 0.152 e. The van der Waals surface area contributed by atoms with Crippen molar-refractivity contribution in [3.05, 3.63) is 30.1 Å². The highest BCUT2D eigenvalue weighted by molar-refractivity contribution is 7.12. The Balaban J connectivity index is 2.48. The van der Waals surface area contributed by atoms with E-state index in [-0.39, 0.29) is 0 Å². The van der Waals surface area contributed by atoms with Crippen molar-refractivity contribution in [3.8, 4) is 10.6 Å². The van der Waals surface area contributed by atoms with E-state index in [9.17, 15) is 0 Å². The highest BCUT2D eigenvalue weighted by atomic mass is 32.1. The SMILES string of the molecule is [c]1ncc(-c2ccco2)s1. The van der Waals surface area contributed by atoms with Crippen LogP contribution in [0.5, 0.6) is 0 Å². The van der Waals surface area contributed by atoms with Crippen LogP contribution in [0.3, 0.4) is 0 Å². The third-order valence-corrected chi connectivity index (χ3v) is 1.88. The van der Waals surface area contributed by atoms with Crippen LogP contribution in [0.4, 0.5) is 0 Å². The molecule has 1 radical (unpaired) electrons. The zero-order chi connectivity index (χ0) is 6.81. The Hall–Kier alpha value is -1.09. The fraction of sp³-hybridized carbons (Fsp3) is 0. The largest absolute Gasteiger partial charge is 0.463 e. The van der Waals surface area contributed by atoms with Crippen molar-refractivity contribution in [2.75, 3.05) is 0 Å². The predicted molar refractivity (Wildman–Crippen MR) is 38.7 cm³/mol. The van der Waals surface area contributed by atoms with Crippen molar-refractivity contribution in [1.29, 1.82) is 0 Å². The summed E-state index contributed by atoms with van der Waals surface area (Å²) >= 11 is 1.45. The van der Waals surface area contributed by atoms with Crippen LogP contribution in [0.2, 0.25) is 0 Å². The Kier molecular flexibility index (Phi) is 1.29. The van der Waals surface area contributed by atoms with Gasteiger partial charge >= 0.3 is 0 Å². The van der Waals surface area contributed by atoms with Gasteiger partial charge < -0.3 is 4.42 Å². The van der Waals surface area contributed by atoms with Crippen molar-refractivity contribution >= 4 is 11.3 Å². The van der Waals surface area contributed by atoms with Crippen LogP contribution in [-0.2, 0) is 0 Å². The molecule has 0 aliphatic heterocycles. The Morgan fingerprint density at radius 3 is 3.20 bits per heavy atom. The van der Waals surface area contributed by atoms with E-state index in [2.05, 4.69) is 10.5 Å². The molecule has 0 unspecified atom stereocenters. The molecule has 0 bridgehead atoms. The molecule has 2 heterocycles. The quantitative estimate of drug-likeness (QED) is 0.622. The molecule has 2 rings (SSSR count). The van der Waals surface area contributed by atoms with E-state index in [0.717, 1.165) is 10.6 Å². The fourth-order valence-corrected chi connectivity index (χ4v) is 1.25. The molecule has 0 fully saturated rings. The van der Waals surface area contributed by atoms with Gasteiger partial charge in [-0.3, -0.25) is 0 Å². The van der Waals surface area contributed by atoms with Gasteiger partial charge in [0.25, 0.3) is 0 Å². The first-order chi connectivity index (χ1) is 4.97. The molecule has 0 saturated carbocycles. The lowest BCUT2D eigenvalue weighted by molar-refractivity contribution is 0.583. The van der Waals surface area contributed by atoms with E-state index in [1.807, 2.05) is 12.1 Å². The lowest BCUT2D eigenvalue weighted by Crippen LogP contribution is -1.60. The standard InChI is InChI=1S/C7H4NOS/c1-2-6(9-3-1)7-4-8-5-10-7/h1-4H. The number of nitrogens with zero attached hydrogens (tertiary/aromatic N) is 1. The zero-order valence-electron chi connectivity index (χ0n) is 5.07.